The maximum atomic E-state index is 12.3. The lowest BCUT2D eigenvalue weighted by Gasteiger charge is -2.30. The van der Waals surface area contributed by atoms with Gasteiger partial charge in [0.05, 0.1) is 17.3 Å². The van der Waals surface area contributed by atoms with E-state index in [1.165, 1.54) is 4.40 Å². The molecule has 8 nitrogen and oxygen atoms in total. The van der Waals surface area contributed by atoms with Gasteiger partial charge in [-0.15, -0.1) is 0 Å². The van der Waals surface area contributed by atoms with E-state index >= 15 is 0 Å². The molecule has 3 aromatic heterocycles. The highest BCUT2D eigenvalue weighted by Gasteiger charge is 2.24. The zero-order valence-electron chi connectivity index (χ0n) is 14.2. The van der Waals surface area contributed by atoms with Gasteiger partial charge in [-0.1, -0.05) is 11.6 Å². The van der Waals surface area contributed by atoms with Crippen molar-refractivity contribution in [1.29, 1.82) is 0 Å². The Bertz CT molecular complexity index is 975. The van der Waals surface area contributed by atoms with E-state index in [1.807, 2.05) is 0 Å². The van der Waals surface area contributed by atoms with Crippen molar-refractivity contribution in [3.8, 4) is 0 Å². The second kappa shape index (κ2) is 7.14. The molecule has 0 amide bonds. The van der Waals surface area contributed by atoms with Crippen LogP contribution in [0.5, 0.6) is 0 Å². The number of pyridine rings is 1. The number of hydrogen-bond acceptors (Lipinski definition) is 6. The Kier molecular flexibility index (Phi) is 4.71. The minimum Gasteiger partial charge on any atom is -0.324 e. The van der Waals surface area contributed by atoms with Crippen LogP contribution in [0.4, 0.5) is 0 Å². The topological polar surface area (TPSA) is 105 Å². The average molecular weight is 374 g/mol. The lowest BCUT2D eigenvalue weighted by molar-refractivity contribution is 0.200. The highest BCUT2D eigenvalue weighted by atomic mass is 35.5. The second-order valence-electron chi connectivity index (χ2n) is 6.56. The van der Waals surface area contributed by atoms with Gasteiger partial charge in [0.25, 0.3) is 5.56 Å². The molecule has 3 N–H and O–H groups in total. The van der Waals surface area contributed by atoms with Crippen molar-refractivity contribution < 1.29 is 0 Å². The van der Waals surface area contributed by atoms with Gasteiger partial charge in [-0.05, 0) is 38.1 Å². The van der Waals surface area contributed by atoms with Crippen LogP contribution in [-0.2, 0) is 13.1 Å². The lowest BCUT2D eigenvalue weighted by Crippen LogP contribution is -2.33. The number of nitrogens with zero attached hydrogens (tertiary/aromatic N) is 5. The molecule has 26 heavy (non-hydrogen) atoms. The van der Waals surface area contributed by atoms with E-state index in [-0.39, 0.29) is 5.56 Å². The number of nitrogens with two attached hydrogens (primary N) is 1. The summed E-state index contributed by atoms with van der Waals surface area (Å²) in [6.07, 6.45) is 3.54. The van der Waals surface area contributed by atoms with E-state index in [2.05, 4.69) is 25.1 Å². The monoisotopic (exact) mass is 373 g/mol. The molecule has 4 heterocycles. The molecule has 0 bridgehead atoms. The Balaban J connectivity index is 1.43. The highest BCUT2D eigenvalue weighted by Crippen LogP contribution is 2.26. The third-order valence-electron chi connectivity index (χ3n) is 4.76. The SMILES string of the molecule is NCc1nc(C2CCN(Cc3cc(=O)n4cc(Cl)ccc4n3)CC2)n[nH]1. The Labute approximate surface area is 155 Å². The van der Waals surface area contributed by atoms with Crippen molar-refractivity contribution in [2.45, 2.75) is 31.8 Å². The molecule has 0 radical (unpaired) electrons. The number of nitrogens with one attached hydrogen (secondary N) is 1. The normalized spacial score (nSPS) is 16.4. The molecule has 1 saturated heterocycles. The van der Waals surface area contributed by atoms with Gasteiger partial charge in [-0.2, -0.15) is 5.10 Å². The fourth-order valence-electron chi connectivity index (χ4n) is 3.37. The van der Waals surface area contributed by atoms with E-state index in [9.17, 15) is 4.79 Å². The second-order valence-corrected chi connectivity index (χ2v) is 6.99. The van der Waals surface area contributed by atoms with E-state index in [4.69, 9.17) is 17.3 Å². The molecule has 9 heteroatoms. The molecule has 0 saturated carbocycles. The molecule has 0 spiro atoms. The summed E-state index contributed by atoms with van der Waals surface area (Å²) in [7, 11) is 0. The zero-order chi connectivity index (χ0) is 18.1. The molecular weight excluding hydrogens is 354 g/mol. The largest absolute Gasteiger partial charge is 0.324 e. The molecule has 1 aliphatic heterocycles. The minimum absolute atomic E-state index is 0.113. The summed E-state index contributed by atoms with van der Waals surface area (Å²) in [6, 6.07) is 5.08. The molecule has 0 unspecified atom stereocenters. The molecule has 0 aromatic carbocycles. The van der Waals surface area contributed by atoms with Gasteiger partial charge < -0.3 is 5.73 Å². The molecule has 1 aliphatic rings. The number of aromatic nitrogens is 5. The maximum absolute atomic E-state index is 12.3. The number of H-pyrrole nitrogens is 1. The fraction of sp³-hybridized carbons (Fsp3) is 0.412. The first kappa shape index (κ1) is 17.1. The van der Waals surface area contributed by atoms with Crippen molar-refractivity contribution in [2.75, 3.05) is 13.1 Å². The van der Waals surface area contributed by atoms with Crippen LogP contribution in [0.1, 0.15) is 36.1 Å². The van der Waals surface area contributed by atoms with Crippen LogP contribution in [0.3, 0.4) is 0 Å². The number of halogens is 1. The zero-order valence-corrected chi connectivity index (χ0v) is 15.0. The Morgan fingerprint density at radius 1 is 1.27 bits per heavy atom. The highest BCUT2D eigenvalue weighted by molar-refractivity contribution is 6.30. The number of aromatic amines is 1. The summed E-state index contributed by atoms with van der Waals surface area (Å²) in [5.74, 6) is 1.92. The van der Waals surface area contributed by atoms with Gasteiger partial charge in [0.2, 0.25) is 0 Å². The van der Waals surface area contributed by atoms with Crippen molar-refractivity contribution in [3.05, 3.63) is 57.1 Å². The van der Waals surface area contributed by atoms with Crippen LogP contribution >= 0.6 is 11.6 Å². The van der Waals surface area contributed by atoms with Gasteiger partial charge >= 0.3 is 0 Å². The number of fused-ring (bicyclic) bond motifs is 1. The summed E-state index contributed by atoms with van der Waals surface area (Å²) in [6.45, 7) is 2.86. The molecule has 1 fully saturated rings. The first-order valence-corrected chi connectivity index (χ1v) is 9.01. The minimum atomic E-state index is -0.113. The van der Waals surface area contributed by atoms with Crippen molar-refractivity contribution in [2.24, 2.45) is 5.73 Å². The van der Waals surface area contributed by atoms with Gasteiger partial charge in [-0.3, -0.25) is 19.2 Å². The first-order chi connectivity index (χ1) is 12.6. The van der Waals surface area contributed by atoms with Crippen LogP contribution in [0.2, 0.25) is 5.02 Å². The third-order valence-corrected chi connectivity index (χ3v) is 4.98. The van der Waals surface area contributed by atoms with E-state index in [0.29, 0.717) is 29.7 Å². The predicted molar refractivity (Wildman–Crippen MR) is 98.0 cm³/mol. The maximum Gasteiger partial charge on any atom is 0.258 e. The quantitative estimate of drug-likeness (QED) is 0.714. The molecular formula is C17H20ClN7O. The summed E-state index contributed by atoms with van der Waals surface area (Å²) in [5, 5.41) is 7.66. The summed E-state index contributed by atoms with van der Waals surface area (Å²) in [4.78, 5) is 23.6. The molecule has 136 valence electrons. The molecule has 0 aliphatic carbocycles. The van der Waals surface area contributed by atoms with Crippen molar-refractivity contribution in [1.82, 2.24) is 29.5 Å². The number of likely N-dealkylation sites (tertiary alicyclic amines) is 1. The lowest BCUT2D eigenvalue weighted by atomic mass is 9.96. The van der Waals surface area contributed by atoms with Gasteiger partial charge in [0.15, 0.2) is 5.82 Å². The van der Waals surface area contributed by atoms with Gasteiger partial charge in [0, 0.05) is 24.7 Å². The average Bonchev–Trinajstić information content (AvgIpc) is 3.12. The summed E-state index contributed by atoms with van der Waals surface area (Å²) in [5.41, 5.74) is 6.85. The number of piperidine rings is 1. The number of rotatable bonds is 4. The first-order valence-electron chi connectivity index (χ1n) is 8.64. The summed E-state index contributed by atoms with van der Waals surface area (Å²) >= 11 is 5.95. The summed E-state index contributed by atoms with van der Waals surface area (Å²) < 4.78 is 1.47. The Hall–Kier alpha value is -2.29. The smallest absolute Gasteiger partial charge is 0.258 e. The van der Waals surface area contributed by atoms with Crippen molar-refractivity contribution in [3.63, 3.8) is 0 Å². The van der Waals surface area contributed by atoms with Gasteiger partial charge in [0.1, 0.15) is 11.5 Å². The Morgan fingerprint density at radius 3 is 2.81 bits per heavy atom. The van der Waals surface area contributed by atoms with Crippen LogP contribution in [-0.4, -0.2) is 42.6 Å². The van der Waals surface area contributed by atoms with Crippen LogP contribution in [0.15, 0.2) is 29.2 Å². The Morgan fingerprint density at radius 2 is 2.08 bits per heavy atom. The molecule has 0 atom stereocenters. The van der Waals surface area contributed by atoms with Crippen molar-refractivity contribution >= 4 is 17.2 Å². The molecule has 3 aromatic rings. The van der Waals surface area contributed by atoms with Gasteiger partial charge in [-0.25, -0.2) is 9.97 Å². The van der Waals surface area contributed by atoms with Crippen LogP contribution in [0, 0.1) is 0 Å². The predicted octanol–water partition coefficient (Wildman–Crippen LogP) is 1.30. The van der Waals surface area contributed by atoms with E-state index < -0.39 is 0 Å². The standard InChI is InChI=1S/C17H20ClN7O/c18-12-1-2-15-20-13(7-16(26)25(15)9-12)10-24-5-3-11(4-6-24)17-21-14(8-19)22-23-17/h1-2,7,9,11H,3-6,8,10,19H2,(H,21,22,23). The van der Waals surface area contributed by atoms with E-state index in [1.54, 1.807) is 24.4 Å². The van der Waals surface area contributed by atoms with E-state index in [0.717, 1.165) is 43.3 Å². The number of hydrogen-bond donors (Lipinski definition) is 2. The molecule has 4 rings (SSSR count). The fourth-order valence-corrected chi connectivity index (χ4v) is 3.53. The van der Waals surface area contributed by atoms with Crippen LogP contribution in [0.25, 0.3) is 5.65 Å². The third kappa shape index (κ3) is 3.48. The van der Waals surface area contributed by atoms with Crippen LogP contribution < -0.4 is 11.3 Å².